The van der Waals surface area contributed by atoms with Gasteiger partial charge in [-0.05, 0) is 60.6 Å². The van der Waals surface area contributed by atoms with Crippen LogP contribution in [-0.2, 0) is 11.2 Å². The monoisotopic (exact) mass is 392 g/mol. The van der Waals surface area contributed by atoms with Gasteiger partial charge in [0.05, 0.1) is 0 Å². The normalized spacial score (nSPS) is 10.0. The van der Waals surface area contributed by atoms with Crippen LogP contribution in [0.4, 0.5) is 5.69 Å². The van der Waals surface area contributed by atoms with Crippen molar-refractivity contribution in [2.75, 3.05) is 11.9 Å². The first-order valence-corrected chi connectivity index (χ1v) is 8.35. The van der Waals surface area contributed by atoms with Crippen LogP contribution in [0.2, 0.25) is 0 Å². The number of carbonyl (C=O) groups excluding carboxylic acids is 1. The molecule has 23 heavy (non-hydrogen) atoms. The number of ether oxygens (including phenoxy) is 1. The Morgan fingerprint density at radius 3 is 2.39 bits per heavy atom. The largest absolute Gasteiger partial charge is 0.484 e. The Morgan fingerprint density at radius 2 is 1.78 bits per heavy atom. The van der Waals surface area contributed by atoms with Crippen molar-refractivity contribution in [2.24, 2.45) is 0 Å². The Balaban J connectivity index is 1.77. The molecule has 2 aromatic rings. The summed E-state index contributed by atoms with van der Waals surface area (Å²) in [7, 11) is 0. The predicted octanol–water partition coefficient (Wildman–Crippen LogP) is 3.90. The summed E-state index contributed by atoms with van der Waals surface area (Å²) in [6.45, 7) is 2.00. The SMILES string of the molecule is CCc1ccc(OCC(=O)NC(=S)Nc2ccc(Br)cc2)cc1. The van der Waals surface area contributed by atoms with Crippen molar-refractivity contribution < 1.29 is 9.53 Å². The fraction of sp³-hybridized carbons (Fsp3) is 0.176. The molecule has 2 rings (SSSR count). The highest BCUT2D eigenvalue weighted by atomic mass is 79.9. The quantitative estimate of drug-likeness (QED) is 0.757. The highest BCUT2D eigenvalue weighted by molar-refractivity contribution is 9.10. The molecule has 4 nitrogen and oxygen atoms in total. The zero-order valence-corrected chi connectivity index (χ0v) is 15.0. The van der Waals surface area contributed by atoms with Crippen molar-refractivity contribution in [3.63, 3.8) is 0 Å². The molecule has 0 spiro atoms. The van der Waals surface area contributed by atoms with Crippen LogP contribution in [0, 0.1) is 0 Å². The molecule has 2 aromatic carbocycles. The number of thiocarbonyl (C=S) groups is 1. The molecule has 0 saturated carbocycles. The summed E-state index contributed by atoms with van der Waals surface area (Å²) >= 11 is 8.46. The standard InChI is InChI=1S/C17H17BrN2O2S/c1-2-12-3-9-15(10-4-12)22-11-16(21)20-17(23)19-14-7-5-13(18)6-8-14/h3-10H,2,11H2,1H3,(H2,19,20,21,23). The van der Waals surface area contributed by atoms with E-state index in [9.17, 15) is 4.79 Å². The maximum Gasteiger partial charge on any atom is 0.264 e. The molecule has 120 valence electrons. The maximum absolute atomic E-state index is 11.8. The molecular formula is C17H17BrN2O2S. The number of halogens is 1. The second kappa shape index (κ2) is 8.64. The molecular weight excluding hydrogens is 376 g/mol. The number of rotatable bonds is 5. The van der Waals surface area contributed by atoms with Crippen LogP contribution in [-0.4, -0.2) is 17.6 Å². The maximum atomic E-state index is 11.8. The van der Waals surface area contributed by atoms with Crippen LogP contribution in [0.1, 0.15) is 12.5 Å². The van der Waals surface area contributed by atoms with Gasteiger partial charge in [-0.2, -0.15) is 0 Å². The number of nitrogens with one attached hydrogen (secondary N) is 2. The summed E-state index contributed by atoms with van der Waals surface area (Å²) in [5.74, 6) is 0.350. The van der Waals surface area contributed by atoms with Crippen molar-refractivity contribution in [1.82, 2.24) is 5.32 Å². The summed E-state index contributed by atoms with van der Waals surface area (Å²) in [6.07, 6.45) is 0.969. The third-order valence-corrected chi connectivity index (χ3v) is 3.79. The van der Waals surface area contributed by atoms with E-state index < -0.39 is 0 Å². The first-order valence-electron chi connectivity index (χ1n) is 7.15. The molecule has 0 saturated heterocycles. The van der Waals surface area contributed by atoms with Gasteiger partial charge in [0.15, 0.2) is 11.7 Å². The smallest absolute Gasteiger partial charge is 0.264 e. The van der Waals surface area contributed by atoms with Crippen LogP contribution in [0.15, 0.2) is 53.0 Å². The lowest BCUT2D eigenvalue weighted by molar-refractivity contribution is -0.121. The zero-order chi connectivity index (χ0) is 16.7. The van der Waals surface area contributed by atoms with E-state index >= 15 is 0 Å². The second-order valence-electron chi connectivity index (χ2n) is 4.80. The fourth-order valence-corrected chi connectivity index (χ4v) is 2.32. The third kappa shape index (κ3) is 6.00. The highest BCUT2D eigenvalue weighted by Gasteiger charge is 2.06. The van der Waals surface area contributed by atoms with Gasteiger partial charge in [-0.15, -0.1) is 0 Å². The summed E-state index contributed by atoms with van der Waals surface area (Å²) < 4.78 is 6.40. The van der Waals surface area contributed by atoms with Crippen molar-refractivity contribution in [1.29, 1.82) is 0 Å². The fourth-order valence-electron chi connectivity index (χ4n) is 1.83. The molecule has 0 unspecified atom stereocenters. The van der Waals surface area contributed by atoms with Gasteiger partial charge >= 0.3 is 0 Å². The summed E-state index contributed by atoms with van der Waals surface area (Å²) in [4.78, 5) is 11.8. The van der Waals surface area contributed by atoms with Crippen LogP contribution >= 0.6 is 28.1 Å². The number of carbonyl (C=O) groups is 1. The Morgan fingerprint density at radius 1 is 1.13 bits per heavy atom. The Bertz CT molecular complexity index is 672. The van der Waals surface area contributed by atoms with Gasteiger partial charge in [0, 0.05) is 10.2 Å². The Labute approximate surface area is 149 Å². The lowest BCUT2D eigenvalue weighted by Crippen LogP contribution is -2.37. The number of benzene rings is 2. The third-order valence-electron chi connectivity index (χ3n) is 3.06. The van der Waals surface area contributed by atoms with E-state index in [2.05, 4.69) is 33.5 Å². The van der Waals surface area contributed by atoms with Crippen molar-refractivity contribution in [2.45, 2.75) is 13.3 Å². The first-order chi connectivity index (χ1) is 11.1. The van der Waals surface area contributed by atoms with Gasteiger partial charge in [0.2, 0.25) is 0 Å². The lowest BCUT2D eigenvalue weighted by Gasteiger charge is -2.10. The molecule has 0 aliphatic carbocycles. The van der Waals surface area contributed by atoms with E-state index in [1.54, 1.807) is 0 Å². The minimum Gasteiger partial charge on any atom is -0.484 e. The van der Waals surface area contributed by atoms with E-state index in [1.807, 2.05) is 48.5 Å². The number of hydrogen-bond acceptors (Lipinski definition) is 3. The number of amides is 1. The van der Waals surface area contributed by atoms with Gasteiger partial charge in [-0.25, -0.2) is 0 Å². The van der Waals surface area contributed by atoms with Crippen LogP contribution < -0.4 is 15.4 Å². The Hall–Kier alpha value is -1.92. The van der Waals surface area contributed by atoms with E-state index in [0.29, 0.717) is 5.75 Å². The number of anilines is 1. The summed E-state index contributed by atoms with van der Waals surface area (Å²) in [6, 6.07) is 15.1. The zero-order valence-electron chi connectivity index (χ0n) is 12.6. The molecule has 0 aliphatic rings. The van der Waals surface area contributed by atoms with Gasteiger partial charge in [-0.1, -0.05) is 35.0 Å². The molecule has 0 bridgehead atoms. The molecule has 6 heteroatoms. The molecule has 0 aliphatic heterocycles. The highest BCUT2D eigenvalue weighted by Crippen LogP contribution is 2.14. The minimum atomic E-state index is -0.306. The lowest BCUT2D eigenvalue weighted by atomic mass is 10.2. The molecule has 2 N–H and O–H groups in total. The van der Waals surface area contributed by atoms with Crippen molar-refractivity contribution >= 4 is 44.9 Å². The molecule has 0 aromatic heterocycles. The van der Waals surface area contributed by atoms with Crippen molar-refractivity contribution in [3.8, 4) is 5.75 Å². The second-order valence-corrected chi connectivity index (χ2v) is 6.12. The molecule has 0 fully saturated rings. The van der Waals surface area contributed by atoms with Gasteiger partial charge < -0.3 is 10.1 Å². The number of hydrogen-bond donors (Lipinski definition) is 2. The van der Waals surface area contributed by atoms with Crippen LogP contribution in [0.25, 0.3) is 0 Å². The first kappa shape index (κ1) is 17.4. The van der Waals surface area contributed by atoms with Gasteiger partial charge in [-0.3, -0.25) is 10.1 Å². The van der Waals surface area contributed by atoms with Gasteiger partial charge in [0.25, 0.3) is 5.91 Å². The average molecular weight is 393 g/mol. The van der Waals surface area contributed by atoms with E-state index in [4.69, 9.17) is 17.0 Å². The predicted molar refractivity (Wildman–Crippen MR) is 99.8 cm³/mol. The topological polar surface area (TPSA) is 50.4 Å². The van der Waals surface area contributed by atoms with Crippen LogP contribution in [0.3, 0.4) is 0 Å². The molecule has 1 amide bonds. The summed E-state index contributed by atoms with van der Waals surface area (Å²) in [5.41, 5.74) is 2.02. The average Bonchev–Trinajstić information content (AvgIpc) is 2.55. The van der Waals surface area contributed by atoms with Crippen molar-refractivity contribution in [3.05, 3.63) is 58.6 Å². The van der Waals surface area contributed by atoms with E-state index in [0.717, 1.165) is 16.6 Å². The molecule has 0 atom stereocenters. The summed E-state index contributed by atoms with van der Waals surface area (Å²) in [5, 5.41) is 5.76. The Kier molecular flexibility index (Phi) is 6.55. The minimum absolute atomic E-state index is 0.0897. The molecule has 0 radical (unpaired) electrons. The van der Waals surface area contributed by atoms with Gasteiger partial charge in [0.1, 0.15) is 5.75 Å². The van der Waals surface area contributed by atoms with Crippen LogP contribution in [0.5, 0.6) is 5.75 Å². The molecule has 0 heterocycles. The van der Waals surface area contributed by atoms with E-state index in [-0.39, 0.29) is 17.6 Å². The van der Waals surface area contributed by atoms with E-state index in [1.165, 1.54) is 5.56 Å². The number of aryl methyl sites for hydroxylation is 1.